The van der Waals surface area contributed by atoms with Gasteiger partial charge in [0.15, 0.2) is 0 Å². The van der Waals surface area contributed by atoms with E-state index in [1.807, 2.05) is 65.3 Å². The summed E-state index contributed by atoms with van der Waals surface area (Å²) >= 11 is 0. The molecule has 0 bridgehead atoms. The molecule has 0 aliphatic carbocycles. The summed E-state index contributed by atoms with van der Waals surface area (Å²) < 4.78 is 6.06. The number of likely N-dealkylation sites (tertiary alicyclic amines) is 2. The number of hydrogen-bond acceptors (Lipinski definition) is 3. The Bertz CT molecular complexity index is 903. The van der Waals surface area contributed by atoms with Crippen LogP contribution in [0.3, 0.4) is 0 Å². The summed E-state index contributed by atoms with van der Waals surface area (Å²) in [5.41, 5.74) is 2.60. The second-order valence-corrected chi connectivity index (χ2v) is 8.82. The number of rotatable bonds is 5. The fourth-order valence-electron chi connectivity index (χ4n) is 4.48. The van der Waals surface area contributed by atoms with Crippen LogP contribution in [0.15, 0.2) is 48.5 Å². The van der Waals surface area contributed by atoms with E-state index in [1.54, 1.807) is 0 Å². The number of piperidine rings is 2. The van der Waals surface area contributed by atoms with Crippen LogP contribution in [0.4, 0.5) is 0 Å². The molecule has 0 spiro atoms. The summed E-state index contributed by atoms with van der Waals surface area (Å²) in [4.78, 5) is 29.5. The van der Waals surface area contributed by atoms with E-state index in [-0.39, 0.29) is 11.8 Å². The Morgan fingerprint density at radius 2 is 1.58 bits per heavy atom. The van der Waals surface area contributed by atoms with Gasteiger partial charge in [0, 0.05) is 43.2 Å². The first kappa shape index (κ1) is 21.4. The number of amides is 2. The van der Waals surface area contributed by atoms with Gasteiger partial charge in [-0.15, -0.1) is 0 Å². The van der Waals surface area contributed by atoms with Crippen molar-refractivity contribution in [3.8, 4) is 5.75 Å². The molecular weight excluding hydrogens is 388 g/mol. The molecule has 5 nitrogen and oxygen atoms in total. The van der Waals surface area contributed by atoms with Gasteiger partial charge in [-0.25, -0.2) is 0 Å². The molecule has 2 aromatic carbocycles. The first-order valence-electron chi connectivity index (χ1n) is 11.5. The van der Waals surface area contributed by atoms with Crippen molar-refractivity contribution in [2.75, 3.05) is 32.8 Å². The van der Waals surface area contributed by atoms with Gasteiger partial charge in [0.1, 0.15) is 5.75 Å². The Morgan fingerprint density at radius 3 is 2.35 bits per heavy atom. The Balaban J connectivity index is 1.33. The van der Waals surface area contributed by atoms with Crippen molar-refractivity contribution in [1.29, 1.82) is 0 Å². The highest BCUT2D eigenvalue weighted by Gasteiger charge is 2.25. The Morgan fingerprint density at radius 1 is 0.871 bits per heavy atom. The lowest BCUT2D eigenvalue weighted by molar-refractivity contribution is 0.0631. The summed E-state index contributed by atoms with van der Waals surface area (Å²) in [6.07, 6.45) is 5.41. The van der Waals surface area contributed by atoms with Gasteiger partial charge in [-0.05, 0) is 69.4 Å². The molecule has 4 rings (SSSR count). The van der Waals surface area contributed by atoms with Gasteiger partial charge in [0.05, 0.1) is 6.61 Å². The highest BCUT2D eigenvalue weighted by molar-refractivity contribution is 5.95. The molecule has 2 saturated heterocycles. The smallest absolute Gasteiger partial charge is 0.253 e. The quantitative estimate of drug-likeness (QED) is 0.713. The number of ether oxygens (including phenoxy) is 1. The van der Waals surface area contributed by atoms with Crippen LogP contribution in [0.25, 0.3) is 0 Å². The van der Waals surface area contributed by atoms with Crippen molar-refractivity contribution < 1.29 is 14.3 Å². The lowest BCUT2D eigenvalue weighted by Crippen LogP contribution is -2.41. The number of carbonyl (C=O) groups excluding carboxylic acids is 2. The maximum atomic E-state index is 12.8. The van der Waals surface area contributed by atoms with Gasteiger partial charge in [-0.1, -0.05) is 23.8 Å². The summed E-state index contributed by atoms with van der Waals surface area (Å²) in [5, 5.41) is 0. The minimum Gasteiger partial charge on any atom is -0.493 e. The molecule has 2 heterocycles. The third-order valence-corrected chi connectivity index (χ3v) is 6.31. The third-order valence-electron chi connectivity index (χ3n) is 6.31. The van der Waals surface area contributed by atoms with Crippen molar-refractivity contribution >= 4 is 11.8 Å². The van der Waals surface area contributed by atoms with Gasteiger partial charge in [-0.2, -0.15) is 0 Å². The van der Waals surface area contributed by atoms with Crippen molar-refractivity contribution in [2.45, 2.75) is 39.0 Å². The van der Waals surface area contributed by atoms with E-state index >= 15 is 0 Å². The van der Waals surface area contributed by atoms with Crippen LogP contribution < -0.4 is 4.74 Å². The van der Waals surface area contributed by atoms with Crippen LogP contribution in [0.5, 0.6) is 5.75 Å². The highest BCUT2D eigenvalue weighted by atomic mass is 16.5. The summed E-state index contributed by atoms with van der Waals surface area (Å²) in [7, 11) is 0. The molecule has 5 heteroatoms. The molecule has 2 aromatic rings. The fraction of sp³-hybridized carbons (Fsp3) is 0.462. The summed E-state index contributed by atoms with van der Waals surface area (Å²) in [6, 6.07) is 15.3. The molecule has 0 N–H and O–H groups in total. The second-order valence-electron chi connectivity index (χ2n) is 8.82. The number of hydrogen-bond donors (Lipinski definition) is 0. The molecule has 1 unspecified atom stereocenters. The molecule has 2 aliphatic rings. The zero-order chi connectivity index (χ0) is 21.6. The summed E-state index contributed by atoms with van der Waals surface area (Å²) in [6.45, 7) is 5.77. The van der Waals surface area contributed by atoms with Gasteiger partial charge in [0.25, 0.3) is 11.8 Å². The topological polar surface area (TPSA) is 49.9 Å². The zero-order valence-corrected chi connectivity index (χ0v) is 18.4. The predicted octanol–water partition coefficient (Wildman–Crippen LogP) is 4.55. The minimum absolute atomic E-state index is 0.0951. The van der Waals surface area contributed by atoms with E-state index in [1.165, 1.54) is 6.42 Å². The molecule has 2 fully saturated rings. The molecule has 0 radical (unpaired) electrons. The van der Waals surface area contributed by atoms with Crippen LogP contribution in [-0.4, -0.2) is 54.4 Å². The first-order chi connectivity index (χ1) is 15.1. The molecular formula is C26H32N2O3. The average Bonchev–Trinajstić information content (AvgIpc) is 2.83. The molecule has 31 heavy (non-hydrogen) atoms. The van der Waals surface area contributed by atoms with Crippen molar-refractivity contribution in [3.05, 3.63) is 65.2 Å². The van der Waals surface area contributed by atoms with Gasteiger partial charge in [0.2, 0.25) is 0 Å². The van der Waals surface area contributed by atoms with Crippen molar-refractivity contribution in [3.63, 3.8) is 0 Å². The van der Waals surface area contributed by atoms with Gasteiger partial charge < -0.3 is 14.5 Å². The number of carbonyl (C=O) groups is 2. The van der Waals surface area contributed by atoms with Crippen LogP contribution in [0.2, 0.25) is 0 Å². The van der Waals surface area contributed by atoms with E-state index in [2.05, 4.69) is 0 Å². The molecule has 0 aromatic heterocycles. The molecule has 1 atom stereocenters. The number of benzene rings is 2. The standard InChI is InChI=1S/C26H32N2O3/c1-20-10-12-22(13-11-20)25(29)28-16-6-7-21(18-28)19-31-24-9-5-8-23(17-24)26(30)27-14-3-2-4-15-27/h5,8-13,17,21H,2-4,6-7,14-16,18-19H2,1H3. The van der Waals surface area contributed by atoms with E-state index < -0.39 is 0 Å². The maximum Gasteiger partial charge on any atom is 0.253 e. The summed E-state index contributed by atoms with van der Waals surface area (Å²) in [5.74, 6) is 1.21. The monoisotopic (exact) mass is 420 g/mol. The zero-order valence-electron chi connectivity index (χ0n) is 18.4. The van der Waals surface area contributed by atoms with Crippen LogP contribution in [0.1, 0.15) is 58.4 Å². The van der Waals surface area contributed by atoms with E-state index in [0.29, 0.717) is 24.6 Å². The van der Waals surface area contributed by atoms with Gasteiger partial charge in [-0.3, -0.25) is 9.59 Å². The molecule has 2 amide bonds. The molecule has 164 valence electrons. The van der Waals surface area contributed by atoms with Crippen LogP contribution in [0, 0.1) is 12.8 Å². The lowest BCUT2D eigenvalue weighted by Gasteiger charge is -2.32. The Hall–Kier alpha value is -2.82. The fourth-order valence-corrected chi connectivity index (χ4v) is 4.48. The SMILES string of the molecule is Cc1ccc(C(=O)N2CCCC(COc3cccc(C(=O)N4CCCCC4)c3)C2)cc1. The van der Waals surface area contributed by atoms with Gasteiger partial charge >= 0.3 is 0 Å². The second kappa shape index (κ2) is 9.99. The van der Waals surface area contributed by atoms with E-state index in [4.69, 9.17) is 4.74 Å². The van der Waals surface area contributed by atoms with E-state index in [9.17, 15) is 9.59 Å². The minimum atomic E-state index is 0.0951. The average molecular weight is 421 g/mol. The maximum absolute atomic E-state index is 12.8. The van der Waals surface area contributed by atoms with E-state index in [0.717, 1.165) is 62.2 Å². The molecule has 0 saturated carbocycles. The lowest BCUT2D eigenvalue weighted by atomic mass is 9.98. The third kappa shape index (κ3) is 5.46. The normalized spacial score (nSPS) is 19.2. The molecule has 2 aliphatic heterocycles. The largest absolute Gasteiger partial charge is 0.493 e. The number of aryl methyl sites for hydroxylation is 1. The van der Waals surface area contributed by atoms with Crippen molar-refractivity contribution in [1.82, 2.24) is 9.80 Å². The predicted molar refractivity (Wildman–Crippen MR) is 121 cm³/mol. The highest BCUT2D eigenvalue weighted by Crippen LogP contribution is 2.22. The Labute approximate surface area is 185 Å². The van der Waals surface area contributed by atoms with Crippen LogP contribution >= 0.6 is 0 Å². The Kier molecular flexibility index (Phi) is 6.90. The van der Waals surface area contributed by atoms with Crippen LogP contribution in [-0.2, 0) is 0 Å². The number of nitrogens with zero attached hydrogens (tertiary/aromatic N) is 2. The first-order valence-corrected chi connectivity index (χ1v) is 11.5. The van der Waals surface area contributed by atoms with Crippen molar-refractivity contribution in [2.24, 2.45) is 5.92 Å².